The van der Waals surface area contributed by atoms with Crippen molar-refractivity contribution >= 4 is 23.3 Å². The first-order valence-corrected chi connectivity index (χ1v) is 10.4. The average molecular weight is 450 g/mol. The molecule has 32 heavy (non-hydrogen) atoms. The zero-order valence-electron chi connectivity index (χ0n) is 17.4. The van der Waals surface area contributed by atoms with Gasteiger partial charge in [-0.25, -0.2) is 4.39 Å². The van der Waals surface area contributed by atoms with Gasteiger partial charge in [0.05, 0.1) is 6.54 Å². The highest BCUT2D eigenvalue weighted by Crippen LogP contribution is 2.18. The third kappa shape index (κ3) is 5.34. The van der Waals surface area contributed by atoms with Gasteiger partial charge in [-0.2, -0.15) is 5.10 Å². The van der Waals surface area contributed by atoms with Gasteiger partial charge in [0.1, 0.15) is 18.2 Å². The minimum Gasteiger partial charge on any atom is -0.489 e. The van der Waals surface area contributed by atoms with Gasteiger partial charge < -0.3 is 10.1 Å². The van der Waals surface area contributed by atoms with Crippen molar-refractivity contribution in [2.75, 3.05) is 5.32 Å². The molecule has 0 saturated carbocycles. The SMILES string of the molecule is Cc1cc(NC(=O)c2ccc(COc3ccc(Cl)cc3)cc2)nn1Cc1ccccc1F. The quantitative estimate of drug-likeness (QED) is 0.384. The first kappa shape index (κ1) is 21.6. The van der Waals surface area contributed by atoms with Crippen LogP contribution in [0.5, 0.6) is 5.75 Å². The molecule has 0 atom stereocenters. The summed E-state index contributed by atoms with van der Waals surface area (Å²) >= 11 is 5.87. The number of nitrogens with one attached hydrogen (secondary N) is 1. The third-order valence-corrected chi connectivity index (χ3v) is 5.19. The monoisotopic (exact) mass is 449 g/mol. The second-order valence-electron chi connectivity index (χ2n) is 7.31. The van der Waals surface area contributed by atoms with Crippen LogP contribution in [0.15, 0.2) is 78.9 Å². The van der Waals surface area contributed by atoms with E-state index in [1.165, 1.54) is 6.07 Å². The van der Waals surface area contributed by atoms with E-state index < -0.39 is 0 Å². The number of aromatic nitrogens is 2. The molecule has 4 rings (SSSR count). The van der Waals surface area contributed by atoms with Crippen LogP contribution in [0.3, 0.4) is 0 Å². The number of halogens is 2. The number of nitrogens with zero attached hydrogens (tertiary/aromatic N) is 2. The fraction of sp³-hybridized carbons (Fsp3) is 0.120. The molecule has 0 unspecified atom stereocenters. The molecule has 0 aliphatic carbocycles. The topological polar surface area (TPSA) is 56.1 Å². The minimum atomic E-state index is -0.284. The lowest BCUT2D eigenvalue weighted by atomic mass is 10.1. The Hall–Kier alpha value is -3.64. The highest BCUT2D eigenvalue weighted by atomic mass is 35.5. The van der Waals surface area contributed by atoms with Crippen molar-refractivity contribution in [3.63, 3.8) is 0 Å². The van der Waals surface area contributed by atoms with E-state index in [-0.39, 0.29) is 18.3 Å². The lowest BCUT2D eigenvalue weighted by Gasteiger charge is -2.07. The Morgan fingerprint density at radius 2 is 1.78 bits per heavy atom. The smallest absolute Gasteiger partial charge is 0.256 e. The molecule has 1 aromatic heterocycles. The molecule has 1 amide bonds. The van der Waals surface area contributed by atoms with Crippen molar-refractivity contribution in [2.45, 2.75) is 20.1 Å². The molecule has 0 bridgehead atoms. The zero-order valence-corrected chi connectivity index (χ0v) is 18.1. The van der Waals surface area contributed by atoms with Crippen molar-refractivity contribution in [1.29, 1.82) is 0 Å². The summed E-state index contributed by atoms with van der Waals surface area (Å²) in [4.78, 5) is 12.6. The van der Waals surface area contributed by atoms with E-state index in [4.69, 9.17) is 16.3 Å². The fourth-order valence-corrected chi connectivity index (χ4v) is 3.28. The van der Waals surface area contributed by atoms with Crippen molar-refractivity contribution in [3.8, 4) is 5.75 Å². The van der Waals surface area contributed by atoms with Crippen LogP contribution in [0.4, 0.5) is 10.2 Å². The Balaban J connectivity index is 1.36. The number of hydrogen-bond acceptors (Lipinski definition) is 3. The van der Waals surface area contributed by atoms with Crippen LogP contribution in [0.2, 0.25) is 5.02 Å². The van der Waals surface area contributed by atoms with Crippen molar-refractivity contribution in [1.82, 2.24) is 9.78 Å². The van der Waals surface area contributed by atoms with Crippen molar-refractivity contribution in [3.05, 3.63) is 112 Å². The van der Waals surface area contributed by atoms with E-state index in [1.54, 1.807) is 65.3 Å². The molecule has 0 fully saturated rings. The van der Waals surface area contributed by atoms with Crippen LogP contribution in [-0.4, -0.2) is 15.7 Å². The van der Waals surface area contributed by atoms with Gasteiger partial charge in [-0.05, 0) is 55.0 Å². The Bertz CT molecular complexity index is 1220. The van der Waals surface area contributed by atoms with Crippen LogP contribution >= 0.6 is 11.6 Å². The summed E-state index contributed by atoms with van der Waals surface area (Å²) < 4.78 is 21.3. The summed E-state index contributed by atoms with van der Waals surface area (Å²) in [6.07, 6.45) is 0. The van der Waals surface area contributed by atoms with Gasteiger partial charge in [0.15, 0.2) is 5.82 Å². The van der Waals surface area contributed by atoms with Crippen molar-refractivity contribution < 1.29 is 13.9 Å². The Labute approximate surface area is 190 Å². The number of aryl methyl sites for hydroxylation is 1. The first-order chi connectivity index (χ1) is 15.5. The standard InChI is InChI=1S/C25H21ClFN3O2/c1-17-14-24(29-30(17)15-20-4-2-3-5-23(20)27)28-25(31)19-8-6-18(7-9-19)16-32-22-12-10-21(26)11-13-22/h2-14H,15-16H2,1H3,(H,28,29,31). The lowest BCUT2D eigenvalue weighted by molar-refractivity contribution is 0.102. The third-order valence-electron chi connectivity index (χ3n) is 4.94. The molecule has 0 radical (unpaired) electrons. The lowest BCUT2D eigenvalue weighted by Crippen LogP contribution is -2.13. The number of rotatable bonds is 7. The van der Waals surface area contributed by atoms with E-state index in [0.29, 0.717) is 28.6 Å². The molecule has 0 aliphatic rings. The van der Waals surface area contributed by atoms with Gasteiger partial charge in [0, 0.05) is 27.9 Å². The maximum absolute atomic E-state index is 13.9. The Morgan fingerprint density at radius 3 is 2.50 bits per heavy atom. The summed E-state index contributed by atoms with van der Waals surface area (Å²) in [6, 6.07) is 22.6. The van der Waals surface area contributed by atoms with E-state index in [9.17, 15) is 9.18 Å². The molecular formula is C25H21ClFN3O2. The van der Waals surface area contributed by atoms with Gasteiger partial charge >= 0.3 is 0 Å². The van der Waals surface area contributed by atoms with Gasteiger partial charge in [-0.15, -0.1) is 0 Å². The molecule has 5 nitrogen and oxygen atoms in total. The number of benzene rings is 3. The number of amides is 1. The number of carbonyl (C=O) groups excluding carboxylic acids is 1. The number of carbonyl (C=O) groups is 1. The van der Waals surface area contributed by atoms with Crippen molar-refractivity contribution in [2.24, 2.45) is 0 Å². The molecule has 1 heterocycles. The van der Waals surface area contributed by atoms with Gasteiger partial charge in [-0.3, -0.25) is 9.48 Å². The predicted octanol–water partition coefficient (Wildman–Crippen LogP) is 5.86. The Kier molecular flexibility index (Phi) is 6.52. The predicted molar refractivity (Wildman–Crippen MR) is 123 cm³/mol. The van der Waals surface area contributed by atoms with E-state index >= 15 is 0 Å². The summed E-state index contributed by atoms with van der Waals surface area (Å²) in [7, 11) is 0. The van der Waals surface area contributed by atoms with Crippen LogP contribution < -0.4 is 10.1 Å². The van der Waals surface area contributed by atoms with E-state index in [0.717, 1.165) is 17.0 Å². The number of ether oxygens (including phenoxy) is 1. The zero-order chi connectivity index (χ0) is 22.5. The molecule has 4 aromatic rings. The van der Waals surface area contributed by atoms with Gasteiger partial charge in [0.25, 0.3) is 5.91 Å². The molecule has 0 aliphatic heterocycles. The molecule has 0 saturated heterocycles. The molecule has 7 heteroatoms. The number of anilines is 1. The molecule has 0 spiro atoms. The van der Waals surface area contributed by atoms with Crippen LogP contribution in [0.1, 0.15) is 27.2 Å². The maximum Gasteiger partial charge on any atom is 0.256 e. The minimum absolute atomic E-state index is 0.272. The molecule has 3 aromatic carbocycles. The van der Waals surface area contributed by atoms with Crippen LogP contribution in [0.25, 0.3) is 0 Å². The summed E-state index contributed by atoms with van der Waals surface area (Å²) in [6.45, 7) is 2.53. The molecular weight excluding hydrogens is 429 g/mol. The maximum atomic E-state index is 13.9. The van der Waals surface area contributed by atoms with Crippen LogP contribution in [0, 0.1) is 12.7 Å². The van der Waals surface area contributed by atoms with E-state index in [1.807, 2.05) is 19.1 Å². The fourth-order valence-electron chi connectivity index (χ4n) is 3.16. The largest absolute Gasteiger partial charge is 0.489 e. The van der Waals surface area contributed by atoms with Gasteiger partial charge in [0.2, 0.25) is 0 Å². The average Bonchev–Trinajstić information content (AvgIpc) is 3.13. The first-order valence-electron chi connectivity index (χ1n) is 10.0. The second kappa shape index (κ2) is 9.66. The second-order valence-corrected chi connectivity index (χ2v) is 7.75. The van der Waals surface area contributed by atoms with E-state index in [2.05, 4.69) is 10.4 Å². The number of hydrogen-bond donors (Lipinski definition) is 1. The summed E-state index contributed by atoms with van der Waals surface area (Å²) in [5.74, 6) is 0.579. The highest BCUT2D eigenvalue weighted by Gasteiger charge is 2.12. The summed E-state index contributed by atoms with van der Waals surface area (Å²) in [5.41, 5.74) is 2.79. The summed E-state index contributed by atoms with van der Waals surface area (Å²) in [5, 5.41) is 7.83. The molecule has 162 valence electrons. The normalized spacial score (nSPS) is 10.7. The molecule has 1 N–H and O–H groups in total. The Morgan fingerprint density at radius 1 is 1.06 bits per heavy atom. The van der Waals surface area contributed by atoms with Crippen LogP contribution in [-0.2, 0) is 13.2 Å². The highest BCUT2D eigenvalue weighted by molar-refractivity contribution is 6.30. The van der Waals surface area contributed by atoms with Gasteiger partial charge in [-0.1, -0.05) is 41.9 Å².